The van der Waals surface area contributed by atoms with Crippen molar-refractivity contribution < 1.29 is 4.92 Å². The first kappa shape index (κ1) is 14.5. The second-order valence-electron chi connectivity index (χ2n) is 5.68. The van der Waals surface area contributed by atoms with Crippen molar-refractivity contribution in [2.45, 2.75) is 45.6 Å². The van der Waals surface area contributed by atoms with Gasteiger partial charge in [0.15, 0.2) is 0 Å². The minimum Gasteiger partial charge on any atom is -0.368 e. The first-order chi connectivity index (χ1) is 9.49. The Morgan fingerprint density at radius 3 is 2.70 bits per heavy atom. The third-order valence-corrected chi connectivity index (χ3v) is 3.56. The van der Waals surface area contributed by atoms with Gasteiger partial charge in [0, 0.05) is 12.6 Å². The number of hydrogen-bond donors (Lipinski definition) is 1. The SMILES string of the molecule is CC(C)CN(c1nc(N)ncc1[N+](=O)[O-])C1CCCC1. The topological polar surface area (TPSA) is 98.2 Å². The lowest BCUT2D eigenvalue weighted by Crippen LogP contribution is -2.37. The van der Waals surface area contributed by atoms with E-state index in [0.29, 0.717) is 17.8 Å². The van der Waals surface area contributed by atoms with E-state index >= 15 is 0 Å². The van der Waals surface area contributed by atoms with Gasteiger partial charge in [-0.25, -0.2) is 4.98 Å². The van der Waals surface area contributed by atoms with E-state index in [2.05, 4.69) is 23.8 Å². The van der Waals surface area contributed by atoms with Crippen LogP contribution in [0.4, 0.5) is 17.5 Å². The highest BCUT2D eigenvalue weighted by Crippen LogP contribution is 2.33. The summed E-state index contributed by atoms with van der Waals surface area (Å²) in [5, 5.41) is 11.2. The smallest absolute Gasteiger partial charge is 0.329 e. The zero-order valence-electron chi connectivity index (χ0n) is 12.0. The summed E-state index contributed by atoms with van der Waals surface area (Å²) in [7, 11) is 0. The number of rotatable bonds is 5. The van der Waals surface area contributed by atoms with Gasteiger partial charge in [-0.05, 0) is 18.8 Å². The highest BCUT2D eigenvalue weighted by molar-refractivity contribution is 5.59. The normalized spacial score (nSPS) is 15.8. The Morgan fingerprint density at radius 2 is 2.15 bits per heavy atom. The van der Waals surface area contributed by atoms with Gasteiger partial charge in [0.1, 0.15) is 6.20 Å². The molecule has 7 nitrogen and oxygen atoms in total. The van der Waals surface area contributed by atoms with Crippen LogP contribution in [0.15, 0.2) is 6.20 Å². The molecule has 1 saturated carbocycles. The second-order valence-corrected chi connectivity index (χ2v) is 5.68. The molecule has 0 aromatic carbocycles. The molecule has 0 spiro atoms. The van der Waals surface area contributed by atoms with Crippen LogP contribution in [0.1, 0.15) is 39.5 Å². The molecule has 2 N–H and O–H groups in total. The Hall–Kier alpha value is -1.92. The molecule has 7 heteroatoms. The summed E-state index contributed by atoms with van der Waals surface area (Å²) in [6, 6.07) is 0.311. The highest BCUT2D eigenvalue weighted by Gasteiger charge is 2.30. The summed E-state index contributed by atoms with van der Waals surface area (Å²) >= 11 is 0. The van der Waals surface area contributed by atoms with Crippen LogP contribution in [0.25, 0.3) is 0 Å². The number of hydrogen-bond acceptors (Lipinski definition) is 6. The molecular weight excluding hydrogens is 258 g/mol. The number of nitro groups is 1. The van der Waals surface area contributed by atoms with Crippen LogP contribution < -0.4 is 10.6 Å². The number of nitrogens with zero attached hydrogens (tertiary/aromatic N) is 4. The second kappa shape index (κ2) is 6.02. The molecule has 0 radical (unpaired) electrons. The van der Waals surface area contributed by atoms with Crippen LogP contribution in [0.5, 0.6) is 0 Å². The van der Waals surface area contributed by atoms with Gasteiger partial charge in [0.25, 0.3) is 0 Å². The molecule has 0 unspecified atom stereocenters. The summed E-state index contributed by atoms with van der Waals surface area (Å²) in [4.78, 5) is 20.7. The molecular formula is C13H21N5O2. The van der Waals surface area contributed by atoms with E-state index in [0.717, 1.165) is 32.2 Å². The van der Waals surface area contributed by atoms with Crippen LogP contribution >= 0.6 is 0 Å². The maximum absolute atomic E-state index is 11.2. The number of nitrogen functional groups attached to an aromatic ring is 1. The van der Waals surface area contributed by atoms with Gasteiger partial charge in [-0.1, -0.05) is 26.7 Å². The van der Waals surface area contributed by atoms with Crippen LogP contribution in [0.2, 0.25) is 0 Å². The van der Waals surface area contributed by atoms with Crippen LogP contribution in [-0.4, -0.2) is 27.5 Å². The third kappa shape index (κ3) is 3.15. The third-order valence-electron chi connectivity index (χ3n) is 3.56. The fraction of sp³-hybridized carbons (Fsp3) is 0.692. The Morgan fingerprint density at radius 1 is 1.50 bits per heavy atom. The molecule has 110 valence electrons. The van der Waals surface area contributed by atoms with E-state index in [1.807, 2.05) is 4.90 Å². The quantitative estimate of drug-likeness (QED) is 0.656. The van der Waals surface area contributed by atoms with E-state index in [1.165, 1.54) is 6.20 Å². The Kier molecular flexibility index (Phi) is 4.36. The summed E-state index contributed by atoms with van der Waals surface area (Å²) in [6.45, 7) is 4.93. The summed E-state index contributed by atoms with van der Waals surface area (Å²) in [6.07, 6.45) is 5.63. The molecule has 20 heavy (non-hydrogen) atoms. The number of anilines is 2. The standard InChI is InChI=1S/C13H21N5O2/c1-9(2)8-17(10-5-3-4-6-10)12-11(18(19)20)7-15-13(14)16-12/h7,9-10H,3-6,8H2,1-2H3,(H2,14,15,16). The predicted octanol–water partition coefficient (Wildman–Crippen LogP) is 2.37. The van der Waals surface area contributed by atoms with Gasteiger partial charge in [0.05, 0.1) is 4.92 Å². The maximum atomic E-state index is 11.2. The molecule has 1 aromatic rings. The van der Waals surface area contributed by atoms with Crippen molar-refractivity contribution in [2.24, 2.45) is 5.92 Å². The predicted molar refractivity (Wildman–Crippen MR) is 77.5 cm³/mol. The van der Waals surface area contributed by atoms with E-state index in [9.17, 15) is 10.1 Å². The minimum absolute atomic E-state index is 0.0632. The summed E-state index contributed by atoms with van der Waals surface area (Å²) in [5.41, 5.74) is 5.56. The van der Waals surface area contributed by atoms with E-state index < -0.39 is 4.92 Å². The average molecular weight is 279 g/mol. The number of nitrogens with two attached hydrogens (primary N) is 1. The maximum Gasteiger partial charge on any atom is 0.329 e. The van der Waals surface area contributed by atoms with Crippen molar-refractivity contribution in [1.82, 2.24) is 9.97 Å². The molecule has 1 fully saturated rings. The molecule has 1 aliphatic carbocycles. The van der Waals surface area contributed by atoms with E-state index in [-0.39, 0.29) is 11.6 Å². The Bertz CT molecular complexity index is 486. The Balaban J connectivity index is 2.40. The monoisotopic (exact) mass is 279 g/mol. The summed E-state index contributed by atoms with van der Waals surface area (Å²) in [5.74, 6) is 0.840. The molecule has 1 heterocycles. The highest BCUT2D eigenvalue weighted by atomic mass is 16.6. The Labute approximate surface area is 118 Å². The lowest BCUT2D eigenvalue weighted by Gasteiger charge is -2.31. The molecule has 0 bridgehead atoms. The lowest BCUT2D eigenvalue weighted by molar-refractivity contribution is -0.384. The number of aromatic nitrogens is 2. The summed E-state index contributed by atoms with van der Waals surface area (Å²) < 4.78 is 0. The van der Waals surface area contributed by atoms with Gasteiger partial charge in [-0.3, -0.25) is 10.1 Å². The van der Waals surface area contributed by atoms with Crippen molar-refractivity contribution in [1.29, 1.82) is 0 Å². The van der Waals surface area contributed by atoms with Crippen molar-refractivity contribution in [2.75, 3.05) is 17.2 Å². The molecule has 1 aliphatic rings. The van der Waals surface area contributed by atoms with Gasteiger partial charge in [-0.2, -0.15) is 4.98 Å². The fourth-order valence-electron chi connectivity index (χ4n) is 2.74. The van der Waals surface area contributed by atoms with E-state index in [4.69, 9.17) is 5.73 Å². The molecule has 0 aliphatic heterocycles. The van der Waals surface area contributed by atoms with E-state index in [1.54, 1.807) is 0 Å². The van der Waals surface area contributed by atoms with Crippen molar-refractivity contribution in [3.05, 3.63) is 16.3 Å². The van der Waals surface area contributed by atoms with Gasteiger partial charge in [0.2, 0.25) is 11.8 Å². The molecule has 0 saturated heterocycles. The van der Waals surface area contributed by atoms with Crippen molar-refractivity contribution in [3.8, 4) is 0 Å². The van der Waals surface area contributed by atoms with Gasteiger partial charge in [-0.15, -0.1) is 0 Å². The fourth-order valence-corrected chi connectivity index (χ4v) is 2.74. The molecule has 2 rings (SSSR count). The minimum atomic E-state index is -0.433. The van der Waals surface area contributed by atoms with Crippen LogP contribution in [0.3, 0.4) is 0 Å². The molecule has 0 amide bonds. The van der Waals surface area contributed by atoms with Crippen LogP contribution in [0, 0.1) is 16.0 Å². The van der Waals surface area contributed by atoms with Gasteiger partial charge >= 0.3 is 5.69 Å². The first-order valence-corrected chi connectivity index (χ1v) is 7.02. The first-order valence-electron chi connectivity index (χ1n) is 7.02. The zero-order valence-corrected chi connectivity index (χ0v) is 12.0. The molecule has 1 aromatic heterocycles. The van der Waals surface area contributed by atoms with Crippen molar-refractivity contribution in [3.63, 3.8) is 0 Å². The lowest BCUT2D eigenvalue weighted by atomic mass is 10.1. The average Bonchev–Trinajstić information content (AvgIpc) is 2.88. The van der Waals surface area contributed by atoms with Gasteiger partial charge < -0.3 is 10.6 Å². The molecule has 0 atom stereocenters. The van der Waals surface area contributed by atoms with Crippen molar-refractivity contribution >= 4 is 17.5 Å². The zero-order chi connectivity index (χ0) is 14.7. The largest absolute Gasteiger partial charge is 0.368 e. The van der Waals surface area contributed by atoms with Crippen LogP contribution in [-0.2, 0) is 0 Å².